The van der Waals surface area contributed by atoms with E-state index < -0.39 is 6.10 Å². The van der Waals surface area contributed by atoms with Gasteiger partial charge in [0, 0.05) is 17.3 Å². The van der Waals surface area contributed by atoms with Crippen LogP contribution < -0.4 is 10.9 Å². The van der Waals surface area contributed by atoms with E-state index in [1.165, 1.54) is 10.6 Å². The normalized spacial score (nSPS) is 15.9. The second kappa shape index (κ2) is 9.54. The number of aromatic amines is 1. The lowest BCUT2D eigenvalue weighted by molar-refractivity contribution is 0.215. The van der Waals surface area contributed by atoms with E-state index in [1.807, 2.05) is 58.0 Å². The smallest absolute Gasteiger partial charge is 0.274 e. The van der Waals surface area contributed by atoms with E-state index in [4.69, 9.17) is 0 Å². The van der Waals surface area contributed by atoms with Gasteiger partial charge in [0.1, 0.15) is 0 Å². The molecule has 0 fully saturated rings. The van der Waals surface area contributed by atoms with Crippen molar-refractivity contribution in [2.24, 2.45) is 0 Å². The van der Waals surface area contributed by atoms with Gasteiger partial charge in [0.25, 0.3) is 11.3 Å². The highest BCUT2D eigenvalue weighted by Crippen LogP contribution is 2.20. The molecule has 30 heavy (non-hydrogen) atoms. The van der Waals surface area contributed by atoms with Crippen molar-refractivity contribution in [2.75, 3.05) is 5.32 Å². The Morgan fingerprint density at radius 3 is 2.70 bits per heavy atom. The minimum atomic E-state index is -0.457. The Morgan fingerprint density at radius 2 is 1.97 bits per heavy atom. The van der Waals surface area contributed by atoms with Crippen molar-refractivity contribution in [3.63, 3.8) is 0 Å². The van der Waals surface area contributed by atoms with Crippen molar-refractivity contribution in [1.82, 2.24) is 19.6 Å². The average molecular weight is 408 g/mol. The second-order valence-electron chi connectivity index (χ2n) is 7.08. The predicted molar refractivity (Wildman–Crippen MR) is 121 cm³/mol. The third-order valence-corrected chi connectivity index (χ3v) is 4.91. The largest absolute Gasteiger partial charge is 0.389 e. The molecule has 0 bridgehead atoms. The van der Waals surface area contributed by atoms with Gasteiger partial charge in [-0.15, -0.1) is 0 Å². The standard InChI is InChI=1S/C21H23N5O2.C2H6/c1-13-5-3-6-14(2)19(13)22-12-16-11-18(28)26-21(23-16)24-20(25-26)15-7-4-8-17(27)10-9-15;1-2/h3,5-7,9-11,17,22,27H,4,8,12H2,1-2H3,(H,23,24,25);1-2H3. The van der Waals surface area contributed by atoms with Crippen LogP contribution in [0.2, 0.25) is 0 Å². The van der Waals surface area contributed by atoms with Crippen molar-refractivity contribution in [2.45, 2.75) is 53.2 Å². The van der Waals surface area contributed by atoms with Crippen molar-refractivity contribution >= 4 is 17.0 Å². The van der Waals surface area contributed by atoms with Gasteiger partial charge < -0.3 is 10.4 Å². The number of aryl methyl sites for hydroxylation is 2. The molecular weight excluding hydrogens is 378 g/mol. The summed E-state index contributed by atoms with van der Waals surface area (Å²) in [5, 5.41) is 16.1. The molecule has 0 saturated heterocycles. The summed E-state index contributed by atoms with van der Waals surface area (Å²) >= 11 is 0. The number of hydrogen-bond acceptors (Lipinski definition) is 5. The van der Waals surface area contributed by atoms with Gasteiger partial charge in [-0.2, -0.15) is 9.50 Å². The maximum Gasteiger partial charge on any atom is 0.274 e. The molecule has 2 aromatic heterocycles. The molecule has 0 radical (unpaired) electrons. The van der Waals surface area contributed by atoms with E-state index in [2.05, 4.69) is 20.4 Å². The van der Waals surface area contributed by atoms with Crippen LogP contribution in [-0.2, 0) is 6.54 Å². The van der Waals surface area contributed by atoms with E-state index in [1.54, 1.807) is 6.08 Å². The number of aliphatic hydroxyl groups is 1. The van der Waals surface area contributed by atoms with Crippen LogP contribution in [0.25, 0.3) is 11.4 Å². The van der Waals surface area contributed by atoms with E-state index in [0.29, 0.717) is 30.3 Å². The number of fused-ring (bicyclic) bond motifs is 1. The molecule has 1 aliphatic carbocycles. The summed E-state index contributed by atoms with van der Waals surface area (Å²) in [4.78, 5) is 21.5. The Balaban J connectivity index is 0.00000124. The summed E-state index contributed by atoms with van der Waals surface area (Å²) in [5.74, 6) is 0.898. The van der Waals surface area contributed by atoms with Crippen LogP contribution in [0, 0.1) is 13.8 Å². The molecule has 0 spiro atoms. The number of H-pyrrole nitrogens is 1. The fourth-order valence-corrected chi connectivity index (χ4v) is 3.38. The van der Waals surface area contributed by atoms with Crippen LogP contribution in [0.5, 0.6) is 0 Å². The van der Waals surface area contributed by atoms with Gasteiger partial charge in [-0.3, -0.25) is 9.89 Å². The molecule has 7 heteroatoms. The lowest BCUT2D eigenvalue weighted by Gasteiger charge is -2.12. The molecule has 1 aliphatic rings. The number of nitrogens with one attached hydrogen (secondary N) is 2. The molecule has 1 unspecified atom stereocenters. The molecule has 7 nitrogen and oxygen atoms in total. The summed E-state index contributed by atoms with van der Waals surface area (Å²) in [6, 6.07) is 7.63. The van der Waals surface area contributed by atoms with Crippen molar-refractivity contribution in [3.05, 3.63) is 75.5 Å². The zero-order valence-corrected chi connectivity index (χ0v) is 17.9. The fourth-order valence-electron chi connectivity index (χ4n) is 3.38. The monoisotopic (exact) mass is 407 g/mol. The van der Waals surface area contributed by atoms with Gasteiger partial charge >= 0.3 is 0 Å². The Bertz CT molecular complexity index is 1120. The molecule has 3 N–H and O–H groups in total. The van der Waals surface area contributed by atoms with Gasteiger partial charge in [0.15, 0.2) is 5.82 Å². The highest BCUT2D eigenvalue weighted by molar-refractivity contribution is 5.70. The van der Waals surface area contributed by atoms with Crippen LogP contribution in [0.4, 0.5) is 5.69 Å². The molecular formula is C23H29N5O2. The molecule has 158 valence electrons. The maximum absolute atomic E-state index is 12.5. The fraction of sp³-hybridized carbons (Fsp3) is 0.348. The Kier molecular flexibility index (Phi) is 6.84. The summed E-state index contributed by atoms with van der Waals surface area (Å²) < 4.78 is 1.34. The zero-order valence-electron chi connectivity index (χ0n) is 17.9. The quantitative estimate of drug-likeness (QED) is 0.612. The lowest BCUT2D eigenvalue weighted by Crippen LogP contribution is -2.17. The summed E-state index contributed by atoms with van der Waals surface area (Å²) in [6.45, 7) is 8.53. The average Bonchev–Trinajstić information content (AvgIpc) is 3.04. The molecule has 1 aromatic carbocycles. The van der Waals surface area contributed by atoms with Gasteiger partial charge in [-0.25, -0.2) is 4.98 Å². The Morgan fingerprint density at radius 1 is 1.23 bits per heavy atom. The van der Waals surface area contributed by atoms with Crippen LogP contribution >= 0.6 is 0 Å². The van der Waals surface area contributed by atoms with Crippen molar-refractivity contribution < 1.29 is 5.11 Å². The molecule has 1 atom stereocenters. The molecule has 0 amide bonds. The van der Waals surface area contributed by atoms with E-state index in [9.17, 15) is 9.90 Å². The van der Waals surface area contributed by atoms with E-state index in [-0.39, 0.29) is 5.56 Å². The van der Waals surface area contributed by atoms with Gasteiger partial charge in [-0.05, 0) is 37.8 Å². The molecule has 3 aromatic rings. The third-order valence-electron chi connectivity index (χ3n) is 4.91. The molecule has 4 rings (SSSR count). The molecule has 0 aliphatic heterocycles. The van der Waals surface area contributed by atoms with Crippen LogP contribution in [0.1, 0.15) is 49.3 Å². The number of aromatic nitrogens is 4. The van der Waals surface area contributed by atoms with Gasteiger partial charge in [0.05, 0.1) is 18.3 Å². The van der Waals surface area contributed by atoms with Crippen LogP contribution in [0.15, 0.2) is 47.3 Å². The van der Waals surface area contributed by atoms with Crippen molar-refractivity contribution in [3.8, 4) is 0 Å². The second-order valence-corrected chi connectivity index (χ2v) is 7.08. The van der Waals surface area contributed by atoms with Gasteiger partial charge in [0.2, 0.25) is 0 Å². The Hall–Kier alpha value is -3.19. The Labute approximate surface area is 176 Å². The first-order chi connectivity index (χ1) is 14.5. The number of anilines is 1. The van der Waals surface area contributed by atoms with Crippen LogP contribution in [-0.4, -0.2) is 30.8 Å². The minimum Gasteiger partial charge on any atom is -0.389 e. The minimum absolute atomic E-state index is 0.208. The first-order valence-corrected chi connectivity index (χ1v) is 10.4. The summed E-state index contributed by atoms with van der Waals surface area (Å²) in [6.07, 6.45) is 6.52. The van der Waals surface area contributed by atoms with Crippen LogP contribution in [0.3, 0.4) is 0 Å². The van der Waals surface area contributed by atoms with E-state index in [0.717, 1.165) is 28.8 Å². The number of allylic oxidation sites excluding steroid dienone is 3. The summed E-state index contributed by atoms with van der Waals surface area (Å²) in [5.41, 5.74) is 4.62. The third kappa shape index (κ3) is 4.68. The highest BCUT2D eigenvalue weighted by atomic mass is 16.3. The predicted octanol–water partition coefficient (Wildman–Crippen LogP) is 3.77. The zero-order chi connectivity index (χ0) is 21.7. The number of aliphatic hydroxyl groups excluding tert-OH is 1. The highest BCUT2D eigenvalue weighted by Gasteiger charge is 2.12. The SMILES string of the molecule is CC.Cc1cccc(C)c1NCc1cc(=O)n2[nH]c(C3=CCCC(O)C=C3)nc2n1. The van der Waals surface area contributed by atoms with Crippen molar-refractivity contribution in [1.29, 1.82) is 0 Å². The number of benzene rings is 1. The molecule has 0 saturated carbocycles. The number of hydrogen-bond donors (Lipinski definition) is 3. The maximum atomic E-state index is 12.5. The van der Waals surface area contributed by atoms with Gasteiger partial charge in [-0.1, -0.05) is 50.3 Å². The topological polar surface area (TPSA) is 95.3 Å². The first kappa shape index (κ1) is 21.5. The van der Waals surface area contributed by atoms with E-state index >= 15 is 0 Å². The lowest BCUT2D eigenvalue weighted by atomic mass is 10.1. The summed E-state index contributed by atoms with van der Waals surface area (Å²) in [7, 11) is 0. The number of nitrogens with zero attached hydrogens (tertiary/aromatic N) is 3. The molecule has 2 heterocycles. The number of rotatable bonds is 4. The number of para-hydroxylation sites is 1. The first-order valence-electron chi connectivity index (χ1n) is 10.4.